The normalized spacial score (nSPS) is 10.5. The number of nitrogens with zero attached hydrogens (tertiary/aromatic N) is 2. The molecule has 0 amide bonds. The van der Waals surface area contributed by atoms with Gasteiger partial charge < -0.3 is 9.47 Å². The van der Waals surface area contributed by atoms with Gasteiger partial charge in [-0.3, -0.25) is 9.48 Å². The van der Waals surface area contributed by atoms with Gasteiger partial charge in [0.2, 0.25) is 5.78 Å². The fraction of sp³-hybridized carbons (Fsp3) is 0.333. The summed E-state index contributed by atoms with van der Waals surface area (Å²) in [5.74, 6) is 0.884. The van der Waals surface area contributed by atoms with Gasteiger partial charge in [-0.1, -0.05) is 18.5 Å². The van der Waals surface area contributed by atoms with Gasteiger partial charge in [0.05, 0.1) is 25.4 Å². The van der Waals surface area contributed by atoms with Gasteiger partial charge in [-0.05, 0) is 24.6 Å². The second kappa shape index (κ2) is 6.63. The number of rotatable bonds is 6. The molecule has 0 unspecified atom stereocenters. The molecule has 0 spiro atoms. The molecule has 0 atom stereocenters. The van der Waals surface area contributed by atoms with Crippen molar-refractivity contribution in [2.24, 2.45) is 0 Å². The maximum atomic E-state index is 12.7. The van der Waals surface area contributed by atoms with E-state index < -0.39 is 0 Å². The topological polar surface area (TPSA) is 53.4 Å². The minimum atomic E-state index is -0.188. The minimum absolute atomic E-state index is 0.188. The molecular weight excluding hydrogens is 292 g/mol. The number of hydrogen-bond acceptors (Lipinski definition) is 4. The van der Waals surface area contributed by atoms with Crippen molar-refractivity contribution in [3.8, 4) is 11.5 Å². The number of methoxy groups -OCH3 is 2. The molecule has 112 valence electrons. The first-order valence-corrected chi connectivity index (χ1v) is 6.98. The van der Waals surface area contributed by atoms with Crippen molar-refractivity contribution >= 4 is 17.4 Å². The number of aryl methyl sites for hydroxylation is 1. The number of halogens is 1. The third-order valence-electron chi connectivity index (χ3n) is 3.09. The van der Waals surface area contributed by atoms with Gasteiger partial charge in [-0.15, -0.1) is 0 Å². The Morgan fingerprint density at radius 3 is 2.62 bits per heavy atom. The average molecular weight is 309 g/mol. The molecule has 1 aromatic heterocycles. The first kappa shape index (κ1) is 15.4. The van der Waals surface area contributed by atoms with Crippen LogP contribution in [0.2, 0.25) is 5.02 Å². The highest BCUT2D eigenvalue weighted by atomic mass is 35.5. The zero-order chi connectivity index (χ0) is 15.4. The monoisotopic (exact) mass is 308 g/mol. The van der Waals surface area contributed by atoms with Gasteiger partial charge in [0, 0.05) is 12.1 Å². The number of hydrogen-bond donors (Lipinski definition) is 0. The molecule has 0 N–H and O–H groups in total. The van der Waals surface area contributed by atoms with Crippen LogP contribution in [0.5, 0.6) is 11.5 Å². The lowest BCUT2D eigenvalue weighted by Crippen LogP contribution is -2.12. The summed E-state index contributed by atoms with van der Waals surface area (Å²) in [6.07, 6.45) is 2.36. The van der Waals surface area contributed by atoms with Crippen LogP contribution in [-0.2, 0) is 6.54 Å². The molecule has 0 fully saturated rings. The van der Waals surface area contributed by atoms with Crippen LogP contribution in [0.1, 0.15) is 29.4 Å². The smallest absolute Gasteiger partial charge is 0.212 e. The number of carbonyl (C=O) groups excluding carboxylic acids is 1. The highest BCUT2D eigenvalue weighted by molar-refractivity contribution is 6.34. The van der Waals surface area contributed by atoms with Crippen molar-refractivity contribution in [2.75, 3.05) is 14.2 Å². The zero-order valence-corrected chi connectivity index (χ0v) is 13.0. The number of ether oxygens (including phenoxy) is 2. The molecule has 1 heterocycles. The van der Waals surface area contributed by atoms with Crippen molar-refractivity contribution in [1.29, 1.82) is 0 Å². The number of carbonyl (C=O) groups is 1. The van der Waals surface area contributed by atoms with Crippen molar-refractivity contribution in [1.82, 2.24) is 9.78 Å². The molecular formula is C15H17ClN2O3. The third kappa shape index (κ3) is 3.03. The van der Waals surface area contributed by atoms with Gasteiger partial charge in [-0.2, -0.15) is 5.10 Å². The second-order valence-corrected chi connectivity index (χ2v) is 4.87. The van der Waals surface area contributed by atoms with Crippen molar-refractivity contribution in [2.45, 2.75) is 19.9 Å². The summed E-state index contributed by atoms with van der Waals surface area (Å²) in [5, 5.41) is 4.49. The van der Waals surface area contributed by atoms with Crippen molar-refractivity contribution < 1.29 is 14.3 Å². The Hall–Kier alpha value is -2.01. The average Bonchev–Trinajstić information content (AvgIpc) is 2.87. The standard InChI is InChI=1S/C15H17ClN2O3/c1-4-7-18-14(11(16)9-17-18)15(19)10-5-6-12(20-2)13(8-10)21-3/h5-6,8-9H,4,7H2,1-3H3. The molecule has 2 aromatic rings. The van der Waals surface area contributed by atoms with E-state index in [1.54, 1.807) is 30.0 Å². The van der Waals surface area contributed by atoms with Crippen LogP contribution in [-0.4, -0.2) is 29.8 Å². The summed E-state index contributed by atoms with van der Waals surface area (Å²) in [4.78, 5) is 12.7. The van der Waals surface area contributed by atoms with Crippen LogP contribution in [0.25, 0.3) is 0 Å². The third-order valence-corrected chi connectivity index (χ3v) is 3.37. The van der Waals surface area contributed by atoms with E-state index in [-0.39, 0.29) is 5.78 Å². The predicted octanol–water partition coefficient (Wildman–Crippen LogP) is 3.19. The maximum absolute atomic E-state index is 12.7. The highest BCUT2D eigenvalue weighted by Gasteiger charge is 2.20. The lowest BCUT2D eigenvalue weighted by Gasteiger charge is -2.10. The maximum Gasteiger partial charge on any atom is 0.212 e. The molecule has 0 radical (unpaired) electrons. The predicted molar refractivity (Wildman–Crippen MR) is 80.5 cm³/mol. The van der Waals surface area contributed by atoms with Gasteiger partial charge in [0.1, 0.15) is 5.69 Å². The summed E-state index contributed by atoms with van der Waals surface area (Å²) in [7, 11) is 3.08. The quantitative estimate of drug-likeness (QED) is 0.769. The number of aromatic nitrogens is 2. The van der Waals surface area contributed by atoms with E-state index in [4.69, 9.17) is 21.1 Å². The van der Waals surface area contributed by atoms with Crippen LogP contribution in [0.4, 0.5) is 0 Å². The van der Waals surface area contributed by atoms with E-state index in [0.717, 1.165) is 6.42 Å². The molecule has 0 aliphatic heterocycles. The second-order valence-electron chi connectivity index (χ2n) is 4.46. The molecule has 0 saturated carbocycles. The van der Waals surface area contributed by atoms with Crippen LogP contribution < -0.4 is 9.47 Å². The van der Waals surface area contributed by atoms with E-state index in [9.17, 15) is 4.79 Å². The fourth-order valence-electron chi connectivity index (χ4n) is 2.08. The molecule has 6 heteroatoms. The van der Waals surface area contributed by atoms with Crippen LogP contribution in [0.3, 0.4) is 0 Å². The molecule has 0 aliphatic carbocycles. The largest absolute Gasteiger partial charge is 0.493 e. The van der Waals surface area contributed by atoms with Crippen LogP contribution in [0, 0.1) is 0 Å². The van der Waals surface area contributed by atoms with Crippen molar-refractivity contribution in [3.05, 3.63) is 40.7 Å². The van der Waals surface area contributed by atoms with Crippen LogP contribution >= 0.6 is 11.6 Å². The molecule has 0 saturated heterocycles. The Labute approximate surface area is 128 Å². The van der Waals surface area contributed by atoms with Gasteiger partial charge in [-0.25, -0.2) is 0 Å². The zero-order valence-electron chi connectivity index (χ0n) is 12.2. The minimum Gasteiger partial charge on any atom is -0.493 e. The highest BCUT2D eigenvalue weighted by Crippen LogP contribution is 2.29. The molecule has 0 bridgehead atoms. The van der Waals surface area contributed by atoms with E-state index in [2.05, 4.69) is 5.10 Å². The summed E-state index contributed by atoms with van der Waals surface area (Å²) >= 11 is 6.10. The van der Waals surface area contributed by atoms with Crippen LogP contribution in [0.15, 0.2) is 24.4 Å². The lowest BCUT2D eigenvalue weighted by molar-refractivity contribution is 0.102. The summed E-state index contributed by atoms with van der Waals surface area (Å²) in [6.45, 7) is 2.65. The molecule has 0 aliphatic rings. The first-order chi connectivity index (χ1) is 10.1. The summed E-state index contributed by atoms with van der Waals surface area (Å²) in [6, 6.07) is 5.02. The lowest BCUT2D eigenvalue weighted by atomic mass is 10.1. The Morgan fingerprint density at radius 1 is 1.29 bits per heavy atom. The first-order valence-electron chi connectivity index (χ1n) is 6.60. The Morgan fingerprint density at radius 2 is 2.00 bits per heavy atom. The fourth-order valence-corrected chi connectivity index (χ4v) is 2.31. The van der Waals surface area contributed by atoms with Gasteiger partial charge in [0.25, 0.3) is 0 Å². The van der Waals surface area contributed by atoms with E-state index in [1.165, 1.54) is 13.3 Å². The SMILES string of the molecule is CCCn1ncc(Cl)c1C(=O)c1ccc(OC)c(OC)c1. The summed E-state index contributed by atoms with van der Waals surface area (Å²) in [5.41, 5.74) is 0.873. The van der Waals surface area contributed by atoms with E-state index in [1.807, 2.05) is 6.92 Å². The number of benzene rings is 1. The molecule has 5 nitrogen and oxygen atoms in total. The summed E-state index contributed by atoms with van der Waals surface area (Å²) < 4.78 is 12.0. The molecule has 1 aromatic carbocycles. The molecule has 21 heavy (non-hydrogen) atoms. The van der Waals surface area contributed by atoms with Gasteiger partial charge >= 0.3 is 0 Å². The molecule has 2 rings (SSSR count). The van der Waals surface area contributed by atoms with Gasteiger partial charge in [0.15, 0.2) is 11.5 Å². The van der Waals surface area contributed by atoms with E-state index in [0.29, 0.717) is 34.3 Å². The Balaban J connectivity index is 2.43. The van der Waals surface area contributed by atoms with Crippen molar-refractivity contribution in [3.63, 3.8) is 0 Å². The number of ketones is 1. The Bertz CT molecular complexity index is 652. The Kier molecular flexibility index (Phi) is 4.85. The van der Waals surface area contributed by atoms with E-state index >= 15 is 0 Å².